The topological polar surface area (TPSA) is 36.0 Å². The molecule has 0 N–H and O–H groups in total. The summed E-state index contributed by atoms with van der Waals surface area (Å²) in [5.41, 5.74) is 2.40. The molecule has 3 saturated heterocycles. The van der Waals surface area contributed by atoms with Gasteiger partial charge >= 0.3 is 6.09 Å². The summed E-state index contributed by atoms with van der Waals surface area (Å²) in [7, 11) is 0. The molecule has 148 valence electrons. The first-order valence-electron chi connectivity index (χ1n) is 10.1. The van der Waals surface area contributed by atoms with E-state index in [1.165, 1.54) is 11.1 Å². The number of aryl methyl sites for hydroxylation is 1. The normalized spacial score (nSPS) is 27.4. The standard InChI is InChI=1S/C21H30ClN3O2/c1-14(2)24-9-7-16(8-10-24)25-19-12-23(13-20(19)27-21(25)26)11-17-15(3)5-4-6-18(17)22/h4-6,14,16,19-20H,7-13H2,1-3H3/t19-,20+/m1/s1. The SMILES string of the molecule is Cc1cccc(Cl)c1CN1C[C@@H]2OC(=O)N(C3CCN(C(C)C)CC3)[C@@H]2C1. The molecule has 0 unspecified atom stereocenters. The summed E-state index contributed by atoms with van der Waals surface area (Å²) < 4.78 is 5.75. The van der Waals surface area contributed by atoms with E-state index >= 15 is 0 Å². The molecular formula is C21H30ClN3O2. The van der Waals surface area contributed by atoms with Crippen LogP contribution in [-0.4, -0.2) is 71.2 Å². The van der Waals surface area contributed by atoms with E-state index < -0.39 is 0 Å². The van der Waals surface area contributed by atoms with Crippen LogP contribution >= 0.6 is 11.6 Å². The number of carbonyl (C=O) groups is 1. The van der Waals surface area contributed by atoms with Crippen molar-refractivity contribution in [3.63, 3.8) is 0 Å². The maximum Gasteiger partial charge on any atom is 0.410 e. The van der Waals surface area contributed by atoms with E-state index in [1.807, 2.05) is 12.1 Å². The Bertz CT molecular complexity index is 682. The fourth-order valence-electron chi connectivity index (χ4n) is 4.86. The Labute approximate surface area is 167 Å². The summed E-state index contributed by atoms with van der Waals surface area (Å²) in [6.07, 6.45) is 1.96. The van der Waals surface area contributed by atoms with Gasteiger partial charge in [0.25, 0.3) is 0 Å². The van der Waals surface area contributed by atoms with Gasteiger partial charge in [0.05, 0.1) is 6.04 Å². The van der Waals surface area contributed by atoms with Gasteiger partial charge < -0.3 is 9.64 Å². The van der Waals surface area contributed by atoms with Crippen molar-refractivity contribution < 1.29 is 9.53 Å². The van der Waals surface area contributed by atoms with Crippen LogP contribution in [0.15, 0.2) is 18.2 Å². The van der Waals surface area contributed by atoms with Gasteiger partial charge in [0.1, 0.15) is 6.10 Å². The number of fused-ring (bicyclic) bond motifs is 1. The predicted octanol–water partition coefficient (Wildman–Crippen LogP) is 3.53. The lowest BCUT2D eigenvalue weighted by atomic mass is 10.0. The summed E-state index contributed by atoms with van der Waals surface area (Å²) in [4.78, 5) is 19.5. The number of likely N-dealkylation sites (tertiary alicyclic amines) is 2. The van der Waals surface area contributed by atoms with Gasteiger partial charge in [-0.3, -0.25) is 9.80 Å². The lowest BCUT2D eigenvalue weighted by Crippen LogP contribution is -2.51. The third-order valence-electron chi connectivity index (χ3n) is 6.49. The second-order valence-electron chi connectivity index (χ2n) is 8.49. The van der Waals surface area contributed by atoms with Gasteiger partial charge in [-0.15, -0.1) is 0 Å². The van der Waals surface area contributed by atoms with Gasteiger partial charge in [0.15, 0.2) is 0 Å². The van der Waals surface area contributed by atoms with Crippen molar-refractivity contribution in [1.29, 1.82) is 0 Å². The largest absolute Gasteiger partial charge is 0.442 e. The van der Waals surface area contributed by atoms with E-state index in [2.05, 4.69) is 41.5 Å². The van der Waals surface area contributed by atoms with E-state index in [-0.39, 0.29) is 18.2 Å². The Kier molecular flexibility index (Phi) is 5.36. The molecule has 3 fully saturated rings. The molecule has 2 atom stereocenters. The van der Waals surface area contributed by atoms with Crippen molar-refractivity contribution in [2.24, 2.45) is 0 Å². The molecule has 3 heterocycles. The number of piperidine rings is 1. The van der Waals surface area contributed by atoms with Crippen LogP contribution in [0, 0.1) is 6.92 Å². The van der Waals surface area contributed by atoms with Crippen molar-refractivity contribution in [2.75, 3.05) is 26.2 Å². The summed E-state index contributed by atoms with van der Waals surface area (Å²) in [5, 5.41) is 0.821. The summed E-state index contributed by atoms with van der Waals surface area (Å²) >= 11 is 6.41. The molecule has 0 aliphatic carbocycles. The molecule has 0 radical (unpaired) electrons. The number of hydrogen-bond acceptors (Lipinski definition) is 4. The van der Waals surface area contributed by atoms with Crippen molar-refractivity contribution >= 4 is 17.7 Å². The summed E-state index contributed by atoms with van der Waals surface area (Å²) in [5.74, 6) is 0. The molecule has 3 aliphatic rings. The number of carbonyl (C=O) groups excluding carboxylic acids is 1. The molecule has 0 saturated carbocycles. The van der Waals surface area contributed by atoms with Crippen LogP contribution in [0.5, 0.6) is 0 Å². The average Bonchev–Trinajstić information content (AvgIpc) is 3.14. The first kappa shape index (κ1) is 19.0. The average molecular weight is 392 g/mol. The van der Waals surface area contributed by atoms with Gasteiger partial charge in [-0.2, -0.15) is 0 Å². The highest BCUT2D eigenvalue weighted by Crippen LogP contribution is 2.33. The predicted molar refractivity (Wildman–Crippen MR) is 107 cm³/mol. The molecule has 0 aromatic heterocycles. The third kappa shape index (κ3) is 3.69. The van der Waals surface area contributed by atoms with Crippen LogP contribution in [0.2, 0.25) is 5.02 Å². The van der Waals surface area contributed by atoms with Crippen molar-refractivity contribution in [2.45, 2.75) is 64.4 Å². The van der Waals surface area contributed by atoms with Crippen LogP contribution in [0.4, 0.5) is 4.79 Å². The molecule has 1 aromatic carbocycles. The van der Waals surface area contributed by atoms with E-state index in [1.54, 1.807) is 0 Å². The zero-order valence-electron chi connectivity index (χ0n) is 16.5. The maximum absolute atomic E-state index is 12.5. The molecule has 6 heteroatoms. The second kappa shape index (κ2) is 7.61. The van der Waals surface area contributed by atoms with Crippen LogP contribution in [0.3, 0.4) is 0 Å². The fraction of sp³-hybridized carbons (Fsp3) is 0.667. The van der Waals surface area contributed by atoms with Gasteiger partial charge in [0.2, 0.25) is 0 Å². The molecule has 1 amide bonds. The maximum atomic E-state index is 12.5. The van der Waals surface area contributed by atoms with Crippen molar-refractivity contribution in [1.82, 2.24) is 14.7 Å². The van der Waals surface area contributed by atoms with E-state index in [0.29, 0.717) is 12.1 Å². The Balaban J connectivity index is 1.42. The van der Waals surface area contributed by atoms with Gasteiger partial charge in [0, 0.05) is 49.8 Å². The molecule has 4 rings (SSSR count). The zero-order valence-corrected chi connectivity index (χ0v) is 17.3. The highest BCUT2D eigenvalue weighted by molar-refractivity contribution is 6.31. The van der Waals surface area contributed by atoms with Crippen LogP contribution in [0.25, 0.3) is 0 Å². The third-order valence-corrected chi connectivity index (χ3v) is 6.84. The molecular weight excluding hydrogens is 362 g/mol. The summed E-state index contributed by atoms with van der Waals surface area (Å²) in [6, 6.07) is 7.11. The molecule has 0 spiro atoms. The summed E-state index contributed by atoms with van der Waals surface area (Å²) in [6.45, 7) is 11.2. The van der Waals surface area contributed by atoms with Gasteiger partial charge in [-0.25, -0.2) is 4.79 Å². The minimum atomic E-state index is -0.110. The van der Waals surface area contributed by atoms with Crippen molar-refractivity contribution in [3.8, 4) is 0 Å². The molecule has 1 aromatic rings. The zero-order chi connectivity index (χ0) is 19.1. The number of nitrogens with zero attached hydrogens (tertiary/aromatic N) is 3. The van der Waals surface area contributed by atoms with E-state index in [9.17, 15) is 4.79 Å². The monoisotopic (exact) mass is 391 g/mol. The number of halogens is 1. The van der Waals surface area contributed by atoms with Gasteiger partial charge in [-0.1, -0.05) is 23.7 Å². The first-order chi connectivity index (χ1) is 12.9. The Morgan fingerprint density at radius 2 is 1.96 bits per heavy atom. The van der Waals surface area contributed by atoms with Crippen LogP contribution < -0.4 is 0 Å². The number of rotatable bonds is 4. The highest BCUT2D eigenvalue weighted by atomic mass is 35.5. The number of ether oxygens (including phenoxy) is 1. The molecule has 3 aliphatic heterocycles. The Morgan fingerprint density at radius 3 is 2.63 bits per heavy atom. The highest BCUT2D eigenvalue weighted by Gasteiger charge is 2.50. The Morgan fingerprint density at radius 1 is 1.22 bits per heavy atom. The van der Waals surface area contributed by atoms with Crippen LogP contribution in [0.1, 0.15) is 37.8 Å². The van der Waals surface area contributed by atoms with Gasteiger partial charge in [-0.05, 0) is 50.8 Å². The minimum absolute atomic E-state index is 0.0107. The number of benzene rings is 1. The number of hydrogen-bond donors (Lipinski definition) is 0. The second-order valence-corrected chi connectivity index (χ2v) is 8.89. The molecule has 27 heavy (non-hydrogen) atoms. The fourth-order valence-corrected chi connectivity index (χ4v) is 5.14. The Hall–Kier alpha value is -1.30. The molecule has 0 bridgehead atoms. The quantitative estimate of drug-likeness (QED) is 0.786. The number of amides is 1. The van der Waals surface area contributed by atoms with Crippen LogP contribution in [-0.2, 0) is 11.3 Å². The smallest absolute Gasteiger partial charge is 0.410 e. The molecule has 5 nitrogen and oxygen atoms in total. The lowest BCUT2D eigenvalue weighted by Gasteiger charge is -2.39. The van der Waals surface area contributed by atoms with E-state index in [4.69, 9.17) is 16.3 Å². The van der Waals surface area contributed by atoms with Crippen molar-refractivity contribution in [3.05, 3.63) is 34.3 Å². The first-order valence-corrected chi connectivity index (χ1v) is 10.5. The van der Waals surface area contributed by atoms with E-state index in [0.717, 1.165) is 50.6 Å². The minimum Gasteiger partial charge on any atom is -0.442 e. The lowest BCUT2D eigenvalue weighted by molar-refractivity contribution is 0.0854.